The first-order valence-corrected chi connectivity index (χ1v) is 5.60. The van der Waals surface area contributed by atoms with E-state index in [0.717, 1.165) is 6.29 Å². The van der Waals surface area contributed by atoms with Gasteiger partial charge in [-0.1, -0.05) is 36.4 Å². The summed E-state index contributed by atoms with van der Waals surface area (Å²) < 4.78 is 0. The number of hydrogen-bond donors (Lipinski definition) is 0. The van der Waals surface area contributed by atoms with Crippen molar-refractivity contribution < 1.29 is 4.79 Å². The first-order chi connectivity index (χ1) is 7.42. The van der Waals surface area contributed by atoms with Crippen LogP contribution in [-0.4, -0.2) is 6.29 Å². The molecular weight excluding hydrogens is 184 g/mol. The number of hydrogen-bond acceptors (Lipinski definition) is 1. The lowest BCUT2D eigenvalue weighted by Gasteiger charge is -2.22. The smallest absolute Gasteiger partial charge is 0.123 e. The number of rotatable bonds is 3. The monoisotopic (exact) mass is 200 g/mol. The molecule has 15 heavy (non-hydrogen) atoms. The molecule has 0 unspecified atom stereocenters. The van der Waals surface area contributed by atoms with Crippen molar-refractivity contribution in [2.75, 3.05) is 0 Å². The molecule has 2 rings (SSSR count). The van der Waals surface area contributed by atoms with E-state index >= 15 is 0 Å². The Morgan fingerprint density at radius 3 is 3.07 bits per heavy atom. The Labute approximate surface area is 90.8 Å². The molecule has 0 saturated heterocycles. The molecule has 1 atom stereocenters. The zero-order valence-electron chi connectivity index (χ0n) is 8.86. The molecule has 1 aliphatic carbocycles. The number of carbonyl (C=O) groups is 1. The maximum atomic E-state index is 10.2. The highest BCUT2D eigenvalue weighted by Gasteiger charge is 2.16. The van der Waals surface area contributed by atoms with Crippen LogP contribution in [0.25, 0.3) is 0 Å². The number of fused-ring (bicyclic) bond motifs is 1. The van der Waals surface area contributed by atoms with Crippen LogP contribution in [0.1, 0.15) is 36.3 Å². The second kappa shape index (κ2) is 4.92. The molecule has 1 heteroatoms. The van der Waals surface area contributed by atoms with Crippen molar-refractivity contribution in [1.82, 2.24) is 0 Å². The maximum absolute atomic E-state index is 10.2. The predicted octanol–water partition coefficient (Wildman–Crippen LogP) is 3.25. The second-order valence-corrected chi connectivity index (χ2v) is 4.03. The van der Waals surface area contributed by atoms with Crippen molar-refractivity contribution in [3.63, 3.8) is 0 Å². The SMILES string of the molecule is O=CC/C=C/[C@@H]1CCCc2ccccc21. The third kappa shape index (κ3) is 2.35. The van der Waals surface area contributed by atoms with Gasteiger partial charge in [-0.3, -0.25) is 0 Å². The highest BCUT2D eigenvalue weighted by molar-refractivity contribution is 5.52. The summed E-state index contributed by atoms with van der Waals surface area (Å²) in [6.07, 6.45) is 9.34. The lowest BCUT2D eigenvalue weighted by Crippen LogP contribution is -2.07. The summed E-state index contributed by atoms with van der Waals surface area (Å²) in [4.78, 5) is 10.2. The van der Waals surface area contributed by atoms with Gasteiger partial charge in [0.2, 0.25) is 0 Å². The lowest BCUT2D eigenvalue weighted by atomic mass is 9.82. The van der Waals surface area contributed by atoms with Crippen LogP contribution in [0, 0.1) is 0 Å². The maximum Gasteiger partial charge on any atom is 0.123 e. The van der Waals surface area contributed by atoms with Crippen LogP contribution >= 0.6 is 0 Å². The fourth-order valence-electron chi connectivity index (χ4n) is 2.29. The molecule has 1 aromatic rings. The summed E-state index contributed by atoms with van der Waals surface area (Å²) >= 11 is 0. The van der Waals surface area contributed by atoms with Crippen molar-refractivity contribution >= 4 is 6.29 Å². The van der Waals surface area contributed by atoms with Gasteiger partial charge in [-0.2, -0.15) is 0 Å². The zero-order chi connectivity index (χ0) is 10.5. The number of allylic oxidation sites excluding steroid dienone is 2. The summed E-state index contributed by atoms with van der Waals surface area (Å²) in [5, 5.41) is 0. The van der Waals surface area contributed by atoms with E-state index in [9.17, 15) is 4.79 Å². The van der Waals surface area contributed by atoms with Gasteiger partial charge in [-0.15, -0.1) is 0 Å². The first kappa shape index (κ1) is 10.2. The fraction of sp³-hybridized carbons (Fsp3) is 0.357. The van der Waals surface area contributed by atoms with Gasteiger partial charge in [0.25, 0.3) is 0 Å². The van der Waals surface area contributed by atoms with Crippen molar-refractivity contribution in [3.8, 4) is 0 Å². The Balaban J connectivity index is 2.18. The van der Waals surface area contributed by atoms with Crippen LogP contribution in [0.5, 0.6) is 0 Å². The standard InChI is InChI=1S/C14H16O/c15-11-4-3-7-13-9-5-8-12-6-1-2-10-14(12)13/h1-3,6-7,10-11,13H,4-5,8-9H2/b7-3+/t13-/m1/s1. The minimum atomic E-state index is 0.523. The summed E-state index contributed by atoms with van der Waals surface area (Å²) in [6, 6.07) is 8.64. The predicted molar refractivity (Wildman–Crippen MR) is 61.9 cm³/mol. The van der Waals surface area contributed by atoms with Gasteiger partial charge in [0.05, 0.1) is 0 Å². The topological polar surface area (TPSA) is 17.1 Å². The van der Waals surface area contributed by atoms with E-state index in [4.69, 9.17) is 0 Å². The van der Waals surface area contributed by atoms with Gasteiger partial charge >= 0.3 is 0 Å². The highest BCUT2D eigenvalue weighted by atomic mass is 16.1. The fourth-order valence-corrected chi connectivity index (χ4v) is 2.29. The van der Waals surface area contributed by atoms with Gasteiger partial charge in [0.15, 0.2) is 0 Å². The van der Waals surface area contributed by atoms with E-state index in [1.54, 1.807) is 0 Å². The van der Waals surface area contributed by atoms with Gasteiger partial charge in [-0.05, 0) is 30.4 Å². The van der Waals surface area contributed by atoms with Gasteiger partial charge in [0, 0.05) is 12.3 Å². The Kier molecular flexibility index (Phi) is 3.33. The molecule has 0 heterocycles. The quantitative estimate of drug-likeness (QED) is 0.540. The van der Waals surface area contributed by atoms with Crippen molar-refractivity contribution in [2.24, 2.45) is 0 Å². The first-order valence-electron chi connectivity index (χ1n) is 5.60. The van der Waals surface area contributed by atoms with Gasteiger partial charge < -0.3 is 4.79 Å². The molecule has 0 N–H and O–H groups in total. The van der Waals surface area contributed by atoms with Crippen molar-refractivity contribution in [2.45, 2.75) is 31.6 Å². The van der Waals surface area contributed by atoms with E-state index in [1.165, 1.54) is 30.4 Å². The molecule has 78 valence electrons. The van der Waals surface area contributed by atoms with Crippen LogP contribution in [0.15, 0.2) is 36.4 Å². The molecule has 0 aromatic heterocycles. The van der Waals surface area contributed by atoms with Gasteiger partial charge in [-0.25, -0.2) is 0 Å². The average molecular weight is 200 g/mol. The van der Waals surface area contributed by atoms with E-state index in [1.807, 2.05) is 6.08 Å². The van der Waals surface area contributed by atoms with Crippen LogP contribution in [0.4, 0.5) is 0 Å². The Morgan fingerprint density at radius 2 is 2.20 bits per heavy atom. The molecule has 0 aliphatic heterocycles. The Hall–Kier alpha value is -1.37. The van der Waals surface area contributed by atoms with E-state index in [0.29, 0.717) is 12.3 Å². The van der Waals surface area contributed by atoms with Crippen LogP contribution < -0.4 is 0 Å². The summed E-state index contributed by atoms with van der Waals surface area (Å²) in [5.74, 6) is 0.523. The molecule has 0 spiro atoms. The largest absolute Gasteiger partial charge is 0.303 e. The normalized spacial score (nSPS) is 20.1. The molecule has 1 aliphatic rings. The molecule has 0 radical (unpaired) electrons. The molecule has 0 fully saturated rings. The van der Waals surface area contributed by atoms with Crippen LogP contribution in [0.2, 0.25) is 0 Å². The molecular formula is C14H16O. The molecule has 0 bridgehead atoms. The minimum Gasteiger partial charge on any atom is -0.303 e. The van der Waals surface area contributed by atoms with E-state index in [-0.39, 0.29) is 0 Å². The third-order valence-electron chi connectivity index (χ3n) is 3.02. The van der Waals surface area contributed by atoms with Crippen LogP contribution in [-0.2, 0) is 11.2 Å². The highest BCUT2D eigenvalue weighted by Crippen LogP contribution is 2.32. The van der Waals surface area contributed by atoms with Crippen molar-refractivity contribution in [3.05, 3.63) is 47.5 Å². The van der Waals surface area contributed by atoms with Crippen molar-refractivity contribution in [1.29, 1.82) is 0 Å². The molecule has 1 nitrogen and oxygen atoms in total. The summed E-state index contributed by atoms with van der Waals surface area (Å²) in [5.41, 5.74) is 2.93. The Morgan fingerprint density at radius 1 is 1.33 bits per heavy atom. The summed E-state index contributed by atoms with van der Waals surface area (Å²) in [6.45, 7) is 0. The summed E-state index contributed by atoms with van der Waals surface area (Å²) in [7, 11) is 0. The second-order valence-electron chi connectivity index (χ2n) is 4.03. The molecule has 0 amide bonds. The molecule has 1 aromatic carbocycles. The minimum absolute atomic E-state index is 0.523. The van der Waals surface area contributed by atoms with Crippen LogP contribution in [0.3, 0.4) is 0 Å². The Bertz CT molecular complexity index is 365. The average Bonchev–Trinajstić information content (AvgIpc) is 2.30. The number of aldehydes is 1. The van der Waals surface area contributed by atoms with E-state index in [2.05, 4.69) is 30.3 Å². The lowest BCUT2D eigenvalue weighted by molar-refractivity contribution is -0.107. The third-order valence-corrected chi connectivity index (χ3v) is 3.02. The molecule has 0 saturated carbocycles. The zero-order valence-corrected chi connectivity index (χ0v) is 8.86. The number of benzene rings is 1. The van der Waals surface area contributed by atoms with Gasteiger partial charge in [0.1, 0.15) is 6.29 Å². The number of aryl methyl sites for hydroxylation is 1. The van der Waals surface area contributed by atoms with E-state index < -0.39 is 0 Å². The number of carbonyl (C=O) groups excluding carboxylic acids is 1.